The quantitative estimate of drug-likeness (QED) is 0.771. The second kappa shape index (κ2) is 5.59. The number of benzene rings is 1. The molecule has 0 aliphatic heterocycles. The van der Waals surface area contributed by atoms with Crippen LogP contribution in [0.3, 0.4) is 0 Å². The molecule has 0 spiro atoms. The third kappa shape index (κ3) is 5.48. The molecular weight excluding hydrogens is 217 g/mol. The zero-order valence-corrected chi connectivity index (χ0v) is 10.3. The maximum Gasteiger partial charge on any atom is 0.0406 e. The van der Waals surface area contributed by atoms with E-state index in [1.165, 1.54) is 5.56 Å². The molecule has 0 radical (unpaired) electrons. The highest BCUT2D eigenvalue weighted by Crippen LogP contribution is 2.10. The van der Waals surface area contributed by atoms with Gasteiger partial charge in [-0.25, -0.2) is 0 Å². The van der Waals surface area contributed by atoms with Gasteiger partial charge in [-0.3, -0.25) is 0 Å². The average molecular weight is 233 g/mol. The largest absolute Gasteiger partial charge is 1.00 e. The second-order valence-corrected chi connectivity index (χ2v) is 4.67. The van der Waals surface area contributed by atoms with Crippen molar-refractivity contribution in [1.82, 2.24) is 5.32 Å². The van der Waals surface area contributed by atoms with Crippen molar-refractivity contribution in [2.24, 2.45) is 0 Å². The van der Waals surface area contributed by atoms with E-state index in [0.29, 0.717) is 0 Å². The van der Waals surface area contributed by atoms with E-state index in [9.17, 15) is 0 Å². The van der Waals surface area contributed by atoms with E-state index in [1.807, 2.05) is 24.3 Å². The fourth-order valence-corrected chi connectivity index (χ4v) is 1.10. The second-order valence-electron chi connectivity index (χ2n) is 4.23. The first-order valence-electron chi connectivity index (χ1n) is 4.47. The first-order valence-corrected chi connectivity index (χ1v) is 4.85. The summed E-state index contributed by atoms with van der Waals surface area (Å²) in [6.07, 6.45) is 0. The van der Waals surface area contributed by atoms with Crippen molar-refractivity contribution < 1.29 is 12.4 Å². The Bertz CT molecular complexity index is 262. The smallest absolute Gasteiger partial charge is 0.0406 e. The molecule has 0 atom stereocenters. The van der Waals surface area contributed by atoms with Crippen LogP contribution in [0.2, 0.25) is 5.02 Å². The van der Waals surface area contributed by atoms with Gasteiger partial charge < -0.3 is 17.7 Å². The van der Waals surface area contributed by atoms with E-state index in [1.54, 1.807) is 0 Å². The summed E-state index contributed by atoms with van der Waals surface area (Å²) in [6.45, 7) is 7.36. The first-order chi connectivity index (χ1) is 5.97. The minimum absolute atomic E-state index is 0. The van der Waals surface area contributed by atoms with Crippen molar-refractivity contribution in [3.05, 3.63) is 34.9 Å². The molecule has 0 unspecified atom stereocenters. The predicted molar refractivity (Wildman–Crippen MR) is 58.0 cm³/mol. The number of halogens is 2. The van der Waals surface area contributed by atoms with Gasteiger partial charge in [0.2, 0.25) is 0 Å². The zero-order chi connectivity index (χ0) is 9.90. The Labute approximate surface area is 97.3 Å². The Balaban J connectivity index is 0.00000169. The van der Waals surface area contributed by atoms with E-state index in [4.69, 9.17) is 11.6 Å². The Morgan fingerprint density at radius 1 is 1.14 bits per heavy atom. The first kappa shape index (κ1) is 13.8. The molecule has 0 aliphatic rings. The van der Waals surface area contributed by atoms with Gasteiger partial charge in [0.05, 0.1) is 0 Å². The topological polar surface area (TPSA) is 12.0 Å². The molecule has 0 aliphatic carbocycles. The van der Waals surface area contributed by atoms with Crippen LogP contribution in [0.1, 0.15) is 26.3 Å². The normalized spacial score (nSPS) is 10.9. The molecule has 14 heavy (non-hydrogen) atoms. The highest BCUT2D eigenvalue weighted by molar-refractivity contribution is 6.30. The summed E-state index contributed by atoms with van der Waals surface area (Å²) in [5, 5.41) is 4.21. The van der Waals surface area contributed by atoms with Crippen LogP contribution in [0.15, 0.2) is 24.3 Å². The highest BCUT2D eigenvalue weighted by atomic mass is 35.5. The summed E-state index contributed by atoms with van der Waals surface area (Å²) in [5.74, 6) is 0. The van der Waals surface area contributed by atoms with Crippen molar-refractivity contribution in [2.75, 3.05) is 0 Å². The summed E-state index contributed by atoms with van der Waals surface area (Å²) in [4.78, 5) is 0. The maximum atomic E-state index is 5.78. The monoisotopic (exact) mass is 232 g/mol. The Hall–Kier alpha value is -0.240. The van der Waals surface area contributed by atoms with Crippen LogP contribution in [-0.2, 0) is 6.54 Å². The molecule has 1 rings (SSSR count). The molecule has 1 nitrogen and oxygen atoms in total. The predicted octanol–water partition coefficient (Wildman–Crippen LogP) is 0.232. The van der Waals surface area contributed by atoms with Gasteiger partial charge in [-0.05, 0) is 38.5 Å². The van der Waals surface area contributed by atoms with Crippen molar-refractivity contribution >= 4 is 11.6 Å². The summed E-state index contributed by atoms with van der Waals surface area (Å²) in [7, 11) is 0. The number of rotatable bonds is 2. The molecule has 80 valence electrons. The molecule has 0 aromatic heterocycles. The van der Waals surface area contributed by atoms with E-state index in [2.05, 4.69) is 26.1 Å². The molecule has 0 bridgehead atoms. The standard InChI is InChI=1S/C11H16ClN.ClH/c1-11(2,3)13-8-9-4-6-10(12)7-5-9;/h4-7,13H,8H2,1-3H3;1H/p-1. The lowest BCUT2D eigenvalue weighted by atomic mass is 10.1. The number of hydrogen-bond donors (Lipinski definition) is 1. The van der Waals surface area contributed by atoms with Gasteiger partial charge in [0.1, 0.15) is 0 Å². The molecule has 0 fully saturated rings. The van der Waals surface area contributed by atoms with E-state index < -0.39 is 0 Å². The van der Waals surface area contributed by atoms with Crippen LogP contribution in [0.4, 0.5) is 0 Å². The summed E-state index contributed by atoms with van der Waals surface area (Å²) in [5.41, 5.74) is 1.43. The van der Waals surface area contributed by atoms with Gasteiger partial charge in [0.15, 0.2) is 0 Å². The van der Waals surface area contributed by atoms with Crippen molar-refractivity contribution in [3.63, 3.8) is 0 Å². The maximum absolute atomic E-state index is 5.78. The van der Waals surface area contributed by atoms with Crippen molar-refractivity contribution in [3.8, 4) is 0 Å². The minimum Gasteiger partial charge on any atom is -1.00 e. The lowest BCUT2D eigenvalue weighted by Crippen LogP contribution is -3.00. The summed E-state index contributed by atoms with van der Waals surface area (Å²) < 4.78 is 0. The molecule has 0 heterocycles. The molecule has 1 N–H and O–H groups in total. The number of hydrogen-bond acceptors (Lipinski definition) is 1. The van der Waals surface area contributed by atoms with E-state index in [-0.39, 0.29) is 17.9 Å². The van der Waals surface area contributed by atoms with Gasteiger partial charge in [-0.15, -0.1) is 0 Å². The number of nitrogens with one attached hydrogen (secondary N) is 1. The van der Waals surface area contributed by atoms with Crippen LogP contribution in [0, 0.1) is 0 Å². The third-order valence-corrected chi connectivity index (χ3v) is 1.99. The van der Waals surface area contributed by atoms with Crippen LogP contribution >= 0.6 is 11.6 Å². The van der Waals surface area contributed by atoms with E-state index in [0.717, 1.165) is 11.6 Å². The average Bonchev–Trinajstić information content (AvgIpc) is 2.02. The zero-order valence-electron chi connectivity index (χ0n) is 8.77. The molecule has 0 saturated carbocycles. The highest BCUT2D eigenvalue weighted by Gasteiger charge is 2.07. The Morgan fingerprint density at radius 2 is 1.64 bits per heavy atom. The lowest BCUT2D eigenvalue weighted by molar-refractivity contribution is -0.00000336. The Kier molecular flexibility index (Phi) is 5.50. The van der Waals surface area contributed by atoms with Gasteiger partial charge in [0.25, 0.3) is 0 Å². The molecule has 0 amide bonds. The molecule has 1 aromatic carbocycles. The van der Waals surface area contributed by atoms with Crippen LogP contribution < -0.4 is 17.7 Å². The van der Waals surface area contributed by atoms with Gasteiger partial charge in [0, 0.05) is 17.1 Å². The lowest BCUT2D eigenvalue weighted by Gasteiger charge is -2.20. The van der Waals surface area contributed by atoms with Crippen molar-refractivity contribution in [1.29, 1.82) is 0 Å². The summed E-state index contributed by atoms with van der Waals surface area (Å²) in [6, 6.07) is 7.92. The fraction of sp³-hybridized carbons (Fsp3) is 0.455. The van der Waals surface area contributed by atoms with Crippen LogP contribution in [0.5, 0.6) is 0 Å². The molecule has 1 aromatic rings. The van der Waals surface area contributed by atoms with Crippen LogP contribution in [0.25, 0.3) is 0 Å². The molecule has 3 heteroatoms. The van der Waals surface area contributed by atoms with Gasteiger partial charge >= 0.3 is 0 Å². The molecular formula is C11H16Cl2N-. The van der Waals surface area contributed by atoms with Crippen LogP contribution in [-0.4, -0.2) is 5.54 Å². The van der Waals surface area contributed by atoms with Gasteiger partial charge in [-0.1, -0.05) is 23.7 Å². The van der Waals surface area contributed by atoms with Gasteiger partial charge in [-0.2, -0.15) is 0 Å². The third-order valence-electron chi connectivity index (χ3n) is 1.74. The summed E-state index contributed by atoms with van der Waals surface area (Å²) >= 11 is 5.78. The minimum atomic E-state index is 0. The van der Waals surface area contributed by atoms with Crippen molar-refractivity contribution in [2.45, 2.75) is 32.9 Å². The SMILES string of the molecule is CC(C)(C)NCc1ccc(Cl)cc1.[Cl-]. The molecule has 0 saturated heterocycles. The Morgan fingerprint density at radius 3 is 2.07 bits per heavy atom. The fourth-order valence-electron chi connectivity index (χ4n) is 0.969. The van der Waals surface area contributed by atoms with E-state index >= 15 is 0 Å².